The lowest BCUT2D eigenvalue weighted by atomic mass is 10.5. The Kier molecular flexibility index (Phi) is 4.91. The Labute approximate surface area is 78.5 Å². The number of hydrazine groups is 1. The minimum atomic E-state index is -0.262. The number of amides is 1. The molecule has 0 atom stereocenters. The van der Waals surface area contributed by atoms with E-state index in [9.17, 15) is 4.79 Å². The van der Waals surface area contributed by atoms with Gasteiger partial charge in [0.2, 0.25) is 11.9 Å². The van der Waals surface area contributed by atoms with Crippen LogP contribution in [0.15, 0.2) is 9.98 Å². The first kappa shape index (κ1) is 11.8. The SMILES string of the molecule is CNN(C)C(N=C(C)C)=NC(C)=O. The molecule has 5 nitrogen and oxygen atoms in total. The smallest absolute Gasteiger partial charge is 0.245 e. The number of guanidine groups is 1. The molecule has 13 heavy (non-hydrogen) atoms. The van der Waals surface area contributed by atoms with Gasteiger partial charge in [0.25, 0.3) is 0 Å². The van der Waals surface area contributed by atoms with Crippen LogP contribution in [-0.4, -0.2) is 36.7 Å². The van der Waals surface area contributed by atoms with Gasteiger partial charge in [-0.3, -0.25) is 9.80 Å². The summed E-state index contributed by atoms with van der Waals surface area (Å²) >= 11 is 0. The average Bonchev–Trinajstić information content (AvgIpc) is 2.00. The molecule has 0 aliphatic carbocycles. The predicted molar refractivity (Wildman–Crippen MR) is 53.7 cm³/mol. The molecule has 0 fully saturated rings. The molecule has 5 heteroatoms. The lowest BCUT2D eigenvalue weighted by molar-refractivity contribution is -0.115. The van der Waals surface area contributed by atoms with Crippen LogP contribution >= 0.6 is 0 Å². The fourth-order valence-electron chi connectivity index (χ4n) is 0.616. The van der Waals surface area contributed by atoms with Crippen molar-refractivity contribution in [3.05, 3.63) is 0 Å². The first-order valence-electron chi connectivity index (χ1n) is 3.99. The lowest BCUT2D eigenvalue weighted by Gasteiger charge is -2.15. The number of nitrogens with one attached hydrogen (secondary N) is 1. The minimum absolute atomic E-state index is 0.262. The van der Waals surface area contributed by atoms with Crippen LogP contribution in [0.5, 0.6) is 0 Å². The summed E-state index contributed by atoms with van der Waals surface area (Å²) in [6.45, 7) is 5.09. The highest BCUT2D eigenvalue weighted by atomic mass is 16.1. The molecule has 1 amide bonds. The zero-order valence-corrected chi connectivity index (χ0v) is 8.75. The summed E-state index contributed by atoms with van der Waals surface area (Å²) in [4.78, 5) is 18.6. The van der Waals surface area contributed by atoms with Crippen molar-refractivity contribution in [1.82, 2.24) is 10.4 Å². The maximum Gasteiger partial charge on any atom is 0.245 e. The Morgan fingerprint density at radius 2 is 1.77 bits per heavy atom. The van der Waals surface area contributed by atoms with Crippen molar-refractivity contribution in [3.63, 3.8) is 0 Å². The first-order valence-corrected chi connectivity index (χ1v) is 3.99. The van der Waals surface area contributed by atoms with Gasteiger partial charge in [0.1, 0.15) is 0 Å². The molecule has 0 spiro atoms. The quantitative estimate of drug-likeness (QED) is 0.365. The van der Waals surface area contributed by atoms with Crippen molar-refractivity contribution in [3.8, 4) is 0 Å². The van der Waals surface area contributed by atoms with Crippen molar-refractivity contribution in [1.29, 1.82) is 0 Å². The third-order valence-electron chi connectivity index (χ3n) is 1.22. The highest BCUT2D eigenvalue weighted by Crippen LogP contribution is 1.89. The highest BCUT2D eigenvalue weighted by molar-refractivity contribution is 5.99. The molecule has 0 aromatic heterocycles. The van der Waals surface area contributed by atoms with Gasteiger partial charge in [0.05, 0.1) is 0 Å². The third-order valence-corrected chi connectivity index (χ3v) is 1.22. The lowest BCUT2D eigenvalue weighted by Crippen LogP contribution is -2.36. The Hall–Kier alpha value is -1.23. The fraction of sp³-hybridized carbons (Fsp3) is 0.625. The highest BCUT2D eigenvalue weighted by Gasteiger charge is 2.03. The zero-order chi connectivity index (χ0) is 10.4. The van der Waals surface area contributed by atoms with Gasteiger partial charge in [-0.2, -0.15) is 4.99 Å². The van der Waals surface area contributed by atoms with Crippen LogP contribution in [0.25, 0.3) is 0 Å². The van der Waals surface area contributed by atoms with E-state index in [1.165, 1.54) is 6.92 Å². The van der Waals surface area contributed by atoms with Crippen LogP contribution in [-0.2, 0) is 4.79 Å². The predicted octanol–water partition coefficient (Wildman–Crippen LogP) is 0.436. The monoisotopic (exact) mass is 184 g/mol. The molecule has 74 valence electrons. The zero-order valence-electron chi connectivity index (χ0n) is 8.75. The number of hydrogen-bond donors (Lipinski definition) is 1. The standard InChI is InChI=1S/C8H16N4O/c1-6(2)10-8(11-7(3)13)12(5)9-4/h9H,1-5H3. The first-order chi connectivity index (χ1) is 5.97. The minimum Gasteiger partial charge on any atom is -0.279 e. The van der Waals surface area contributed by atoms with E-state index >= 15 is 0 Å². The summed E-state index contributed by atoms with van der Waals surface area (Å²) in [6.07, 6.45) is 0. The molecule has 0 rings (SSSR count). The van der Waals surface area contributed by atoms with E-state index < -0.39 is 0 Å². The Bertz CT molecular complexity index is 241. The molecule has 1 N–H and O–H groups in total. The molecular weight excluding hydrogens is 168 g/mol. The van der Waals surface area contributed by atoms with Crippen molar-refractivity contribution in [2.24, 2.45) is 9.98 Å². The van der Waals surface area contributed by atoms with Gasteiger partial charge in [-0.25, -0.2) is 10.4 Å². The van der Waals surface area contributed by atoms with Crippen LogP contribution < -0.4 is 5.43 Å². The van der Waals surface area contributed by atoms with Crippen molar-refractivity contribution in [2.45, 2.75) is 20.8 Å². The number of carbonyl (C=O) groups excluding carboxylic acids is 1. The van der Waals surface area contributed by atoms with E-state index in [2.05, 4.69) is 15.4 Å². The fourth-order valence-corrected chi connectivity index (χ4v) is 0.616. The average molecular weight is 184 g/mol. The van der Waals surface area contributed by atoms with Gasteiger partial charge >= 0.3 is 0 Å². The van der Waals surface area contributed by atoms with Crippen molar-refractivity contribution < 1.29 is 4.79 Å². The van der Waals surface area contributed by atoms with E-state index in [4.69, 9.17) is 0 Å². The van der Waals surface area contributed by atoms with Gasteiger partial charge in [-0.15, -0.1) is 0 Å². The van der Waals surface area contributed by atoms with E-state index in [0.717, 1.165) is 5.71 Å². The Balaban J connectivity index is 4.76. The molecule has 0 aromatic rings. The molecule has 0 saturated heterocycles. The van der Waals surface area contributed by atoms with E-state index in [0.29, 0.717) is 5.96 Å². The largest absolute Gasteiger partial charge is 0.279 e. The summed E-state index contributed by atoms with van der Waals surface area (Å²) in [5, 5.41) is 1.58. The van der Waals surface area contributed by atoms with Gasteiger partial charge in [-0.1, -0.05) is 0 Å². The summed E-state index contributed by atoms with van der Waals surface area (Å²) in [5.41, 5.74) is 3.67. The maximum atomic E-state index is 10.7. The van der Waals surface area contributed by atoms with Crippen LogP contribution in [0, 0.1) is 0 Å². The maximum absolute atomic E-state index is 10.7. The Morgan fingerprint density at radius 1 is 1.23 bits per heavy atom. The van der Waals surface area contributed by atoms with Crippen LogP contribution in [0.4, 0.5) is 0 Å². The van der Waals surface area contributed by atoms with Gasteiger partial charge < -0.3 is 0 Å². The number of aliphatic imine (C=N–C) groups is 2. The summed E-state index contributed by atoms with van der Waals surface area (Å²) < 4.78 is 0. The molecule has 0 radical (unpaired) electrons. The topological polar surface area (TPSA) is 57.1 Å². The third kappa shape index (κ3) is 5.08. The van der Waals surface area contributed by atoms with Crippen LogP contribution in [0.2, 0.25) is 0 Å². The van der Waals surface area contributed by atoms with Gasteiger partial charge in [-0.05, 0) is 13.8 Å². The summed E-state index contributed by atoms with van der Waals surface area (Å²) in [5.74, 6) is 0.108. The number of carbonyl (C=O) groups is 1. The van der Waals surface area contributed by atoms with Crippen LogP contribution in [0.1, 0.15) is 20.8 Å². The molecule has 0 saturated carbocycles. The summed E-state index contributed by atoms with van der Waals surface area (Å²) in [7, 11) is 3.48. The molecule has 0 aromatic carbocycles. The normalized spacial score (nSPS) is 11.0. The van der Waals surface area contributed by atoms with E-state index in [1.54, 1.807) is 19.1 Å². The van der Waals surface area contributed by atoms with Crippen molar-refractivity contribution in [2.75, 3.05) is 14.1 Å². The number of nitrogens with zero attached hydrogens (tertiary/aromatic N) is 3. The second-order valence-electron chi connectivity index (χ2n) is 2.77. The van der Waals surface area contributed by atoms with Gasteiger partial charge in [0.15, 0.2) is 0 Å². The molecular formula is C8H16N4O. The summed E-state index contributed by atoms with van der Waals surface area (Å²) in [6, 6.07) is 0. The molecule has 0 unspecified atom stereocenters. The molecule has 0 aliphatic rings. The molecule has 0 heterocycles. The Morgan fingerprint density at radius 3 is 2.08 bits per heavy atom. The molecule has 0 bridgehead atoms. The van der Waals surface area contributed by atoms with Gasteiger partial charge in [0, 0.05) is 26.7 Å². The number of hydrogen-bond acceptors (Lipinski definition) is 2. The van der Waals surface area contributed by atoms with E-state index in [-0.39, 0.29) is 5.91 Å². The molecule has 0 aliphatic heterocycles. The number of rotatable bonds is 1. The van der Waals surface area contributed by atoms with Crippen LogP contribution in [0.3, 0.4) is 0 Å². The second-order valence-corrected chi connectivity index (χ2v) is 2.77. The van der Waals surface area contributed by atoms with Crippen molar-refractivity contribution >= 4 is 17.6 Å². The van der Waals surface area contributed by atoms with E-state index in [1.807, 2.05) is 13.8 Å². The second kappa shape index (κ2) is 5.42.